The van der Waals surface area contributed by atoms with Crippen LogP contribution in [0.25, 0.3) is 6.08 Å². The van der Waals surface area contributed by atoms with E-state index < -0.39 is 0 Å². The summed E-state index contributed by atoms with van der Waals surface area (Å²) in [7, 11) is 0. The van der Waals surface area contributed by atoms with Gasteiger partial charge in [-0.15, -0.1) is 0 Å². The van der Waals surface area contributed by atoms with Crippen molar-refractivity contribution in [2.45, 2.75) is 33.1 Å². The SMILES string of the molecule is CC(C)CC=C1CCC(=Cc2ccc(Cl)cc2)C1=O. The van der Waals surface area contributed by atoms with Crippen molar-refractivity contribution in [2.24, 2.45) is 5.92 Å². The van der Waals surface area contributed by atoms with Crippen LogP contribution in [-0.2, 0) is 4.79 Å². The van der Waals surface area contributed by atoms with Gasteiger partial charge in [-0.05, 0) is 54.5 Å². The Morgan fingerprint density at radius 3 is 2.42 bits per heavy atom. The molecule has 0 radical (unpaired) electrons. The van der Waals surface area contributed by atoms with Crippen LogP contribution in [0.15, 0.2) is 41.5 Å². The first-order valence-electron chi connectivity index (χ1n) is 6.76. The van der Waals surface area contributed by atoms with Crippen molar-refractivity contribution < 1.29 is 4.79 Å². The summed E-state index contributed by atoms with van der Waals surface area (Å²) in [5.41, 5.74) is 2.93. The number of ketones is 1. The number of halogens is 1. The van der Waals surface area contributed by atoms with Crippen molar-refractivity contribution in [1.29, 1.82) is 0 Å². The van der Waals surface area contributed by atoms with E-state index in [2.05, 4.69) is 19.9 Å². The molecule has 0 N–H and O–H groups in total. The molecule has 1 aromatic rings. The van der Waals surface area contributed by atoms with Gasteiger partial charge in [0.1, 0.15) is 0 Å². The third-order valence-corrected chi connectivity index (χ3v) is 3.55. The van der Waals surface area contributed by atoms with E-state index in [1.54, 1.807) is 0 Å². The second-order valence-corrected chi connectivity index (χ2v) is 5.85. The highest BCUT2D eigenvalue weighted by Crippen LogP contribution is 2.28. The molecule has 0 heterocycles. The molecule has 0 amide bonds. The standard InChI is InChI=1S/C17H19ClO/c1-12(2)3-6-14-7-8-15(17(14)19)11-13-4-9-16(18)10-5-13/h4-6,9-12H,3,7-8H2,1-2H3. The van der Waals surface area contributed by atoms with Crippen molar-refractivity contribution >= 4 is 23.5 Å². The lowest BCUT2D eigenvalue weighted by atomic mass is 10.1. The molecule has 2 rings (SSSR count). The van der Waals surface area contributed by atoms with E-state index in [4.69, 9.17) is 11.6 Å². The van der Waals surface area contributed by atoms with Crippen LogP contribution in [0.5, 0.6) is 0 Å². The molecule has 0 bridgehead atoms. The Hall–Kier alpha value is -1.34. The average molecular weight is 275 g/mol. The third kappa shape index (κ3) is 3.81. The molecule has 0 atom stereocenters. The van der Waals surface area contributed by atoms with Gasteiger partial charge >= 0.3 is 0 Å². The quantitative estimate of drug-likeness (QED) is 0.704. The minimum absolute atomic E-state index is 0.218. The minimum atomic E-state index is 0.218. The molecular formula is C17H19ClO. The summed E-state index contributed by atoms with van der Waals surface area (Å²) in [6, 6.07) is 7.59. The summed E-state index contributed by atoms with van der Waals surface area (Å²) in [5.74, 6) is 0.820. The minimum Gasteiger partial charge on any atom is -0.289 e. The van der Waals surface area contributed by atoms with E-state index in [0.29, 0.717) is 5.92 Å². The Balaban J connectivity index is 2.13. The Morgan fingerprint density at radius 1 is 1.16 bits per heavy atom. The van der Waals surface area contributed by atoms with Gasteiger partial charge in [0.25, 0.3) is 0 Å². The molecule has 1 nitrogen and oxygen atoms in total. The van der Waals surface area contributed by atoms with Crippen LogP contribution in [-0.4, -0.2) is 5.78 Å². The van der Waals surface area contributed by atoms with Gasteiger partial charge in [0.05, 0.1) is 0 Å². The first-order chi connectivity index (χ1) is 9.06. The molecule has 1 aliphatic carbocycles. The first-order valence-corrected chi connectivity index (χ1v) is 7.14. The molecule has 0 aliphatic heterocycles. The zero-order valence-electron chi connectivity index (χ0n) is 11.4. The molecule has 1 saturated carbocycles. The van der Waals surface area contributed by atoms with E-state index in [1.165, 1.54) is 0 Å². The van der Waals surface area contributed by atoms with E-state index in [-0.39, 0.29) is 5.78 Å². The smallest absolute Gasteiger partial charge is 0.184 e. The van der Waals surface area contributed by atoms with Crippen LogP contribution >= 0.6 is 11.6 Å². The van der Waals surface area contributed by atoms with Gasteiger partial charge in [0, 0.05) is 10.6 Å². The van der Waals surface area contributed by atoms with Crippen LogP contribution in [0, 0.1) is 5.92 Å². The number of benzene rings is 1. The molecular weight excluding hydrogens is 256 g/mol. The van der Waals surface area contributed by atoms with Gasteiger partial charge < -0.3 is 0 Å². The van der Waals surface area contributed by atoms with Crippen molar-refractivity contribution in [3.8, 4) is 0 Å². The average Bonchev–Trinajstić information content (AvgIpc) is 2.71. The summed E-state index contributed by atoms with van der Waals surface area (Å²) in [5, 5.41) is 0.720. The molecule has 0 unspecified atom stereocenters. The second kappa shape index (κ2) is 6.21. The molecule has 0 aromatic heterocycles. The number of carbonyl (C=O) groups excluding carboxylic acids is 1. The van der Waals surface area contributed by atoms with Gasteiger partial charge in [-0.1, -0.05) is 43.7 Å². The number of hydrogen-bond acceptors (Lipinski definition) is 1. The number of rotatable bonds is 3. The molecule has 100 valence electrons. The maximum absolute atomic E-state index is 12.2. The topological polar surface area (TPSA) is 17.1 Å². The van der Waals surface area contributed by atoms with Crippen LogP contribution in [0.2, 0.25) is 5.02 Å². The predicted molar refractivity (Wildman–Crippen MR) is 81.2 cm³/mol. The zero-order valence-corrected chi connectivity index (χ0v) is 12.2. The molecule has 1 fully saturated rings. The number of carbonyl (C=O) groups is 1. The van der Waals surface area contributed by atoms with Crippen LogP contribution in [0.3, 0.4) is 0 Å². The second-order valence-electron chi connectivity index (χ2n) is 5.41. The van der Waals surface area contributed by atoms with Gasteiger partial charge in [0.15, 0.2) is 5.78 Å². The summed E-state index contributed by atoms with van der Waals surface area (Å²) in [6.45, 7) is 4.34. The summed E-state index contributed by atoms with van der Waals surface area (Å²) < 4.78 is 0. The van der Waals surface area contributed by atoms with Crippen molar-refractivity contribution in [3.63, 3.8) is 0 Å². The van der Waals surface area contributed by atoms with Crippen LogP contribution < -0.4 is 0 Å². The summed E-state index contributed by atoms with van der Waals surface area (Å²) in [4.78, 5) is 12.2. The highest BCUT2D eigenvalue weighted by molar-refractivity contribution is 6.30. The lowest BCUT2D eigenvalue weighted by molar-refractivity contribution is -0.111. The lowest BCUT2D eigenvalue weighted by Gasteiger charge is -2.00. The van der Waals surface area contributed by atoms with E-state index in [0.717, 1.165) is 41.0 Å². The molecule has 2 heteroatoms. The van der Waals surface area contributed by atoms with Gasteiger partial charge in [-0.25, -0.2) is 0 Å². The lowest BCUT2D eigenvalue weighted by Crippen LogP contribution is -1.96. The highest BCUT2D eigenvalue weighted by Gasteiger charge is 2.22. The Labute approximate surface area is 120 Å². The summed E-state index contributed by atoms with van der Waals surface area (Å²) >= 11 is 5.85. The zero-order chi connectivity index (χ0) is 13.8. The van der Waals surface area contributed by atoms with Gasteiger partial charge in [0.2, 0.25) is 0 Å². The number of allylic oxidation sites excluding steroid dienone is 3. The Kier molecular flexibility index (Phi) is 4.60. The maximum atomic E-state index is 12.2. The molecule has 0 spiro atoms. The monoisotopic (exact) mass is 274 g/mol. The van der Waals surface area contributed by atoms with Crippen molar-refractivity contribution in [2.75, 3.05) is 0 Å². The fourth-order valence-corrected chi connectivity index (χ4v) is 2.30. The van der Waals surface area contributed by atoms with Crippen molar-refractivity contribution in [3.05, 3.63) is 52.1 Å². The predicted octanol–water partition coefficient (Wildman–Crippen LogP) is 5.06. The number of hydrogen-bond donors (Lipinski definition) is 0. The number of Topliss-reactive ketones (excluding diaryl/α,β-unsaturated/α-hetero) is 1. The molecule has 1 aliphatic rings. The molecule has 0 saturated heterocycles. The van der Waals surface area contributed by atoms with Crippen LogP contribution in [0.4, 0.5) is 0 Å². The van der Waals surface area contributed by atoms with Crippen molar-refractivity contribution in [1.82, 2.24) is 0 Å². The van der Waals surface area contributed by atoms with E-state index >= 15 is 0 Å². The summed E-state index contributed by atoms with van der Waals surface area (Å²) in [6.07, 6.45) is 6.80. The largest absolute Gasteiger partial charge is 0.289 e. The van der Waals surface area contributed by atoms with E-state index in [1.807, 2.05) is 30.3 Å². The Bertz CT molecular complexity index is 521. The maximum Gasteiger partial charge on any atom is 0.184 e. The molecule has 19 heavy (non-hydrogen) atoms. The van der Waals surface area contributed by atoms with Gasteiger partial charge in [-0.2, -0.15) is 0 Å². The highest BCUT2D eigenvalue weighted by atomic mass is 35.5. The normalized spacial score (nSPS) is 19.9. The van der Waals surface area contributed by atoms with E-state index in [9.17, 15) is 4.79 Å². The fraction of sp³-hybridized carbons (Fsp3) is 0.353. The third-order valence-electron chi connectivity index (χ3n) is 3.29. The fourth-order valence-electron chi connectivity index (χ4n) is 2.17. The Morgan fingerprint density at radius 2 is 1.79 bits per heavy atom. The first kappa shape index (κ1) is 14.1. The molecule has 1 aromatic carbocycles. The van der Waals surface area contributed by atoms with Gasteiger partial charge in [-0.3, -0.25) is 4.79 Å². The van der Waals surface area contributed by atoms with Crippen LogP contribution in [0.1, 0.15) is 38.7 Å².